The lowest BCUT2D eigenvalue weighted by Crippen LogP contribution is -2.44. The van der Waals surface area contributed by atoms with E-state index in [0.717, 1.165) is 0 Å². The summed E-state index contributed by atoms with van der Waals surface area (Å²) < 4.78 is 0. The van der Waals surface area contributed by atoms with Gasteiger partial charge < -0.3 is 11.1 Å². The van der Waals surface area contributed by atoms with Crippen molar-refractivity contribution in [1.82, 2.24) is 10.6 Å². The van der Waals surface area contributed by atoms with Gasteiger partial charge in [0.25, 0.3) is 0 Å². The number of nitrogens with one attached hydrogen (secondary N) is 2. The lowest BCUT2D eigenvalue weighted by molar-refractivity contribution is -0.119. The summed E-state index contributed by atoms with van der Waals surface area (Å²) in [6.45, 7) is 2.24. The molecular weight excluding hydrogens is 206 g/mol. The summed E-state index contributed by atoms with van der Waals surface area (Å²) in [4.78, 5) is 21.6. The number of imide groups is 1. The van der Waals surface area contributed by atoms with Crippen LogP contribution in [-0.4, -0.2) is 24.5 Å². The van der Waals surface area contributed by atoms with Crippen molar-refractivity contribution < 1.29 is 9.59 Å². The smallest absolute Gasteiger partial charge is 0.318 e. The Morgan fingerprint density at radius 1 is 1.31 bits per heavy atom. The molecule has 0 aromatic rings. The Morgan fingerprint density at radius 2 is 1.94 bits per heavy atom. The summed E-state index contributed by atoms with van der Waals surface area (Å²) in [7, 11) is 0. The van der Waals surface area contributed by atoms with Crippen molar-refractivity contribution >= 4 is 11.9 Å². The zero-order valence-corrected chi connectivity index (χ0v) is 9.79. The molecule has 3 amide bonds. The molecule has 5 nitrogen and oxygen atoms in total. The average molecular weight is 227 g/mol. The number of hydrogen-bond donors (Lipinski definition) is 3. The quantitative estimate of drug-likeness (QED) is 0.662. The molecule has 0 saturated heterocycles. The van der Waals surface area contributed by atoms with Crippen LogP contribution in [0, 0.1) is 5.92 Å². The van der Waals surface area contributed by atoms with Crippen molar-refractivity contribution in [3.63, 3.8) is 0 Å². The standard InChI is InChI=1S/C11H21N3O2/c1-8(9-5-3-2-4-6-9)13-7-10(15)14-11(12)16/h8-9,13H,2-7H2,1H3,(H3,12,14,15,16)/t8-/m0/s1. The van der Waals surface area contributed by atoms with Gasteiger partial charge in [-0.2, -0.15) is 0 Å². The summed E-state index contributed by atoms with van der Waals surface area (Å²) in [6, 6.07) is -0.476. The first-order valence-corrected chi connectivity index (χ1v) is 5.92. The summed E-state index contributed by atoms with van der Waals surface area (Å²) in [5.41, 5.74) is 4.84. The van der Waals surface area contributed by atoms with Crippen LogP contribution in [0.25, 0.3) is 0 Å². The minimum Gasteiger partial charge on any atom is -0.351 e. The van der Waals surface area contributed by atoms with E-state index in [1.54, 1.807) is 0 Å². The topological polar surface area (TPSA) is 84.2 Å². The van der Waals surface area contributed by atoms with E-state index in [-0.39, 0.29) is 12.5 Å². The van der Waals surface area contributed by atoms with Crippen LogP contribution in [0.2, 0.25) is 0 Å². The van der Waals surface area contributed by atoms with Gasteiger partial charge in [0.05, 0.1) is 6.54 Å². The van der Waals surface area contributed by atoms with Gasteiger partial charge in [0.15, 0.2) is 0 Å². The molecule has 0 radical (unpaired) electrons. The maximum atomic E-state index is 11.2. The number of urea groups is 1. The van der Waals surface area contributed by atoms with Gasteiger partial charge in [-0.05, 0) is 25.7 Å². The number of carbonyl (C=O) groups is 2. The minimum absolute atomic E-state index is 0.153. The van der Waals surface area contributed by atoms with Crippen molar-refractivity contribution in [3.8, 4) is 0 Å². The Labute approximate surface area is 96.1 Å². The summed E-state index contributed by atoms with van der Waals surface area (Å²) >= 11 is 0. The molecule has 0 bridgehead atoms. The third-order valence-electron chi connectivity index (χ3n) is 3.20. The lowest BCUT2D eigenvalue weighted by atomic mass is 9.84. The van der Waals surface area contributed by atoms with Crippen LogP contribution in [-0.2, 0) is 4.79 Å². The molecule has 0 aliphatic heterocycles. The third kappa shape index (κ3) is 4.61. The minimum atomic E-state index is -0.794. The average Bonchev–Trinajstić information content (AvgIpc) is 2.26. The monoisotopic (exact) mass is 227 g/mol. The molecule has 16 heavy (non-hydrogen) atoms. The molecule has 0 aromatic carbocycles. The molecule has 0 spiro atoms. The number of hydrogen-bond acceptors (Lipinski definition) is 3. The first-order valence-electron chi connectivity index (χ1n) is 5.92. The second-order valence-electron chi connectivity index (χ2n) is 4.48. The van der Waals surface area contributed by atoms with Gasteiger partial charge in [-0.25, -0.2) is 4.79 Å². The Bertz CT molecular complexity index is 250. The van der Waals surface area contributed by atoms with E-state index in [4.69, 9.17) is 5.73 Å². The van der Waals surface area contributed by atoms with Gasteiger partial charge in [-0.15, -0.1) is 0 Å². The molecule has 1 aliphatic rings. The van der Waals surface area contributed by atoms with Crippen molar-refractivity contribution in [2.24, 2.45) is 11.7 Å². The Kier molecular flexibility index (Phi) is 5.25. The van der Waals surface area contributed by atoms with E-state index in [2.05, 4.69) is 12.2 Å². The Hall–Kier alpha value is -1.10. The molecule has 4 N–H and O–H groups in total. The number of carbonyl (C=O) groups excluding carboxylic acids is 2. The van der Waals surface area contributed by atoms with E-state index >= 15 is 0 Å². The highest BCUT2D eigenvalue weighted by Gasteiger charge is 2.20. The molecule has 0 aromatic heterocycles. The van der Waals surface area contributed by atoms with E-state index in [1.807, 2.05) is 5.32 Å². The maximum absolute atomic E-state index is 11.2. The maximum Gasteiger partial charge on any atom is 0.318 e. The van der Waals surface area contributed by atoms with Gasteiger partial charge in [0.1, 0.15) is 0 Å². The second-order valence-corrected chi connectivity index (χ2v) is 4.48. The van der Waals surface area contributed by atoms with Gasteiger partial charge in [0, 0.05) is 6.04 Å². The Balaban J connectivity index is 2.20. The van der Waals surface area contributed by atoms with E-state index in [9.17, 15) is 9.59 Å². The van der Waals surface area contributed by atoms with Crippen LogP contribution in [0.4, 0.5) is 4.79 Å². The van der Waals surface area contributed by atoms with Crippen LogP contribution in [0.15, 0.2) is 0 Å². The van der Waals surface area contributed by atoms with Crippen LogP contribution in [0.5, 0.6) is 0 Å². The third-order valence-corrected chi connectivity index (χ3v) is 3.20. The van der Waals surface area contributed by atoms with Crippen molar-refractivity contribution in [2.45, 2.75) is 45.1 Å². The summed E-state index contributed by atoms with van der Waals surface area (Å²) in [5, 5.41) is 5.18. The first kappa shape index (κ1) is 13.0. The normalized spacial score (nSPS) is 19.1. The zero-order chi connectivity index (χ0) is 12.0. The number of primary amides is 1. The number of nitrogens with two attached hydrogens (primary N) is 1. The molecule has 5 heteroatoms. The van der Waals surface area contributed by atoms with Crippen molar-refractivity contribution in [3.05, 3.63) is 0 Å². The number of amides is 3. The predicted octanol–water partition coefficient (Wildman–Crippen LogP) is 0.740. The molecule has 1 rings (SSSR count). The highest BCUT2D eigenvalue weighted by Crippen LogP contribution is 2.26. The predicted molar refractivity (Wildman–Crippen MR) is 61.8 cm³/mol. The van der Waals surface area contributed by atoms with Crippen molar-refractivity contribution in [2.75, 3.05) is 6.54 Å². The summed E-state index contributed by atoms with van der Waals surface area (Å²) in [5.74, 6) is 0.283. The largest absolute Gasteiger partial charge is 0.351 e. The molecule has 0 heterocycles. The van der Waals surface area contributed by atoms with Gasteiger partial charge in [0.2, 0.25) is 5.91 Å². The van der Waals surface area contributed by atoms with E-state index in [0.29, 0.717) is 12.0 Å². The van der Waals surface area contributed by atoms with E-state index in [1.165, 1.54) is 32.1 Å². The fraction of sp³-hybridized carbons (Fsp3) is 0.818. The molecule has 1 atom stereocenters. The highest BCUT2D eigenvalue weighted by molar-refractivity contribution is 5.94. The molecule has 1 aliphatic carbocycles. The Morgan fingerprint density at radius 3 is 2.50 bits per heavy atom. The second kappa shape index (κ2) is 6.48. The van der Waals surface area contributed by atoms with Crippen LogP contribution in [0.1, 0.15) is 39.0 Å². The fourth-order valence-corrected chi connectivity index (χ4v) is 2.24. The van der Waals surface area contributed by atoms with Gasteiger partial charge in [-0.1, -0.05) is 19.3 Å². The highest BCUT2D eigenvalue weighted by atomic mass is 16.2. The zero-order valence-electron chi connectivity index (χ0n) is 9.79. The lowest BCUT2D eigenvalue weighted by Gasteiger charge is -2.28. The van der Waals surface area contributed by atoms with Crippen LogP contribution < -0.4 is 16.4 Å². The molecule has 1 fully saturated rings. The first-order chi connectivity index (χ1) is 7.59. The summed E-state index contributed by atoms with van der Waals surface area (Å²) in [6.07, 6.45) is 6.34. The SMILES string of the molecule is C[C@H](NCC(=O)NC(N)=O)C1CCCCC1. The number of rotatable bonds is 4. The molecule has 1 saturated carbocycles. The van der Waals surface area contributed by atoms with Crippen molar-refractivity contribution in [1.29, 1.82) is 0 Å². The van der Waals surface area contributed by atoms with Crippen LogP contribution >= 0.6 is 0 Å². The molecule has 0 unspecified atom stereocenters. The van der Waals surface area contributed by atoms with E-state index < -0.39 is 6.03 Å². The fourth-order valence-electron chi connectivity index (χ4n) is 2.24. The molecular formula is C11H21N3O2. The van der Waals surface area contributed by atoms with Crippen LogP contribution in [0.3, 0.4) is 0 Å². The van der Waals surface area contributed by atoms with Gasteiger partial charge >= 0.3 is 6.03 Å². The van der Waals surface area contributed by atoms with Gasteiger partial charge in [-0.3, -0.25) is 10.1 Å². The molecule has 92 valence electrons.